The molecule has 1 saturated carbocycles. The van der Waals surface area contributed by atoms with Crippen LogP contribution in [-0.4, -0.2) is 47.9 Å². The van der Waals surface area contributed by atoms with E-state index in [1.807, 2.05) is 42.3 Å². The zero-order chi connectivity index (χ0) is 17.1. The van der Waals surface area contributed by atoms with Crippen LogP contribution in [0.15, 0.2) is 30.3 Å². The molecule has 1 aromatic rings. The van der Waals surface area contributed by atoms with Crippen molar-refractivity contribution in [2.45, 2.75) is 38.6 Å². The number of hydrogen-bond acceptors (Lipinski definition) is 2. The van der Waals surface area contributed by atoms with E-state index >= 15 is 0 Å². The largest absolute Gasteiger partial charge is 0.342 e. The van der Waals surface area contributed by atoms with Crippen LogP contribution >= 0.6 is 0 Å². The molecule has 0 bridgehead atoms. The molecule has 2 unspecified atom stereocenters. The lowest BCUT2D eigenvalue weighted by Gasteiger charge is -2.35. The van der Waals surface area contributed by atoms with Crippen molar-refractivity contribution in [2.24, 2.45) is 11.8 Å². The molecule has 2 fully saturated rings. The smallest absolute Gasteiger partial charge is 0.321 e. The number of hydrogen-bond donors (Lipinski definition) is 1. The highest BCUT2D eigenvalue weighted by molar-refractivity contribution is 5.90. The van der Waals surface area contributed by atoms with Crippen molar-refractivity contribution in [3.8, 4) is 0 Å². The number of piperidine rings is 1. The van der Waals surface area contributed by atoms with Crippen molar-refractivity contribution in [1.29, 1.82) is 0 Å². The molecule has 3 amide bonds. The molecule has 1 aromatic carbocycles. The molecular weight excluding hydrogens is 302 g/mol. The molecule has 2 atom stereocenters. The Kier molecular flexibility index (Phi) is 5.07. The van der Waals surface area contributed by atoms with Crippen molar-refractivity contribution in [3.05, 3.63) is 30.3 Å². The van der Waals surface area contributed by atoms with Crippen LogP contribution in [0, 0.1) is 11.8 Å². The Morgan fingerprint density at radius 3 is 2.58 bits per heavy atom. The van der Waals surface area contributed by atoms with Crippen LogP contribution in [0.5, 0.6) is 0 Å². The summed E-state index contributed by atoms with van der Waals surface area (Å²) >= 11 is 0. The lowest BCUT2D eigenvalue weighted by atomic mass is 9.96. The topological polar surface area (TPSA) is 52.7 Å². The van der Waals surface area contributed by atoms with Gasteiger partial charge in [0.15, 0.2) is 0 Å². The van der Waals surface area contributed by atoms with Crippen LogP contribution in [0.1, 0.15) is 32.6 Å². The average molecular weight is 329 g/mol. The zero-order valence-electron chi connectivity index (χ0n) is 14.6. The number of carbonyl (C=O) groups is 2. The maximum absolute atomic E-state index is 12.8. The van der Waals surface area contributed by atoms with Gasteiger partial charge in [-0.05, 0) is 50.7 Å². The standard InChI is InChI=1S/C19H27N3O2/c1-14(15-10-11-15)21(2)18(23)16-7-6-12-22(13-16)19(24)20-17-8-4-3-5-9-17/h3-5,8-9,14-16H,6-7,10-13H2,1-2H3,(H,20,24). The molecule has 24 heavy (non-hydrogen) atoms. The van der Waals surface area contributed by atoms with Crippen molar-refractivity contribution < 1.29 is 9.59 Å². The molecule has 2 aliphatic rings. The van der Waals surface area contributed by atoms with E-state index in [0.717, 1.165) is 18.5 Å². The van der Waals surface area contributed by atoms with Crippen LogP contribution in [-0.2, 0) is 4.79 Å². The SMILES string of the molecule is CC(C1CC1)N(C)C(=O)C1CCCN(C(=O)Nc2ccccc2)C1. The minimum atomic E-state index is -0.114. The fraction of sp³-hybridized carbons (Fsp3) is 0.579. The Morgan fingerprint density at radius 1 is 1.21 bits per heavy atom. The first-order chi connectivity index (χ1) is 11.6. The van der Waals surface area contributed by atoms with Crippen molar-refractivity contribution in [1.82, 2.24) is 9.80 Å². The van der Waals surface area contributed by atoms with Crippen molar-refractivity contribution in [3.63, 3.8) is 0 Å². The van der Waals surface area contributed by atoms with E-state index in [1.54, 1.807) is 4.90 Å². The summed E-state index contributed by atoms with van der Waals surface area (Å²) < 4.78 is 0. The number of para-hydroxylation sites is 1. The summed E-state index contributed by atoms with van der Waals surface area (Å²) in [7, 11) is 1.91. The van der Waals surface area contributed by atoms with E-state index in [-0.39, 0.29) is 17.9 Å². The molecule has 1 aliphatic heterocycles. The highest BCUT2D eigenvalue weighted by Gasteiger charge is 2.36. The Labute approximate surface area is 144 Å². The molecule has 1 heterocycles. The number of rotatable bonds is 4. The Bertz CT molecular complexity index is 586. The molecule has 1 saturated heterocycles. The van der Waals surface area contributed by atoms with Crippen molar-refractivity contribution in [2.75, 3.05) is 25.5 Å². The summed E-state index contributed by atoms with van der Waals surface area (Å²) in [5.41, 5.74) is 0.787. The lowest BCUT2D eigenvalue weighted by Crippen LogP contribution is -2.49. The third-order valence-corrected chi connectivity index (χ3v) is 5.35. The number of benzene rings is 1. The predicted molar refractivity (Wildman–Crippen MR) is 94.7 cm³/mol. The first kappa shape index (κ1) is 16.8. The van der Waals surface area contributed by atoms with Crippen LogP contribution < -0.4 is 5.32 Å². The monoisotopic (exact) mass is 329 g/mol. The van der Waals surface area contributed by atoms with Gasteiger partial charge in [-0.1, -0.05) is 18.2 Å². The van der Waals surface area contributed by atoms with E-state index in [9.17, 15) is 9.59 Å². The highest BCUT2D eigenvalue weighted by atomic mass is 16.2. The summed E-state index contributed by atoms with van der Waals surface area (Å²) in [6, 6.07) is 9.65. The molecular formula is C19H27N3O2. The molecule has 0 radical (unpaired) electrons. The minimum absolute atomic E-state index is 0.0773. The summed E-state index contributed by atoms with van der Waals surface area (Å²) in [6.45, 7) is 3.36. The first-order valence-corrected chi connectivity index (χ1v) is 8.94. The Hall–Kier alpha value is -2.04. The highest BCUT2D eigenvalue weighted by Crippen LogP contribution is 2.35. The first-order valence-electron chi connectivity index (χ1n) is 8.94. The van der Waals surface area contributed by atoms with Gasteiger partial charge < -0.3 is 15.1 Å². The maximum atomic E-state index is 12.8. The second kappa shape index (κ2) is 7.24. The van der Waals surface area contributed by atoms with Gasteiger partial charge in [0, 0.05) is 31.9 Å². The lowest BCUT2D eigenvalue weighted by molar-refractivity contribution is -0.137. The van der Waals surface area contributed by atoms with Crippen LogP contribution in [0.3, 0.4) is 0 Å². The quantitative estimate of drug-likeness (QED) is 0.922. The summed E-state index contributed by atoms with van der Waals surface area (Å²) in [5, 5.41) is 2.91. The Morgan fingerprint density at radius 2 is 1.92 bits per heavy atom. The van der Waals surface area contributed by atoms with Crippen molar-refractivity contribution >= 4 is 17.6 Å². The fourth-order valence-corrected chi connectivity index (χ4v) is 3.47. The summed E-state index contributed by atoms with van der Waals surface area (Å²) in [6.07, 6.45) is 4.21. The van der Waals surface area contributed by atoms with Crippen LogP contribution in [0.25, 0.3) is 0 Å². The zero-order valence-corrected chi connectivity index (χ0v) is 14.6. The third-order valence-electron chi connectivity index (χ3n) is 5.35. The van der Waals surface area contributed by atoms with Crippen LogP contribution in [0.2, 0.25) is 0 Å². The van der Waals surface area contributed by atoms with E-state index in [2.05, 4.69) is 12.2 Å². The number of urea groups is 1. The molecule has 0 aromatic heterocycles. The third kappa shape index (κ3) is 3.89. The fourth-order valence-electron chi connectivity index (χ4n) is 3.47. The number of amides is 3. The molecule has 5 nitrogen and oxygen atoms in total. The molecule has 3 rings (SSSR count). The predicted octanol–water partition coefficient (Wildman–Crippen LogP) is 3.19. The average Bonchev–Trinajstić information content (AvgIpc) is 3.46. The van der Waals surface area contributed by atoms with Gasteiger partial charge in [0.2, 0.25) is 5.91 Å². The molecule has 130 valence electrons. The van der Waals surface area contributed by atoms with E-state index < -0.39 is 0 Å². The second-order valence-corrected chi connectivity index (χ2v) is 7.11. The van der Waals surface area contributed by atoms with E-state index in [1.165, 1.54) is 12.8 Å². The summed E-state index contributed by atoms with van der Waals surface area (Å²) in [5.74, 6) is 0.776. The van der Waals surface area contributed by atoms with Gasteiger partial charge in [0.05, 0.1) is 5.92 Å². The molecule has 0 spiro atoms. The molecule has 1 aliphatic carbocycles. The number of carbonyl (C=O) groups excluding carboxylic acids is 2. The van der Waals surface area contributed by atoms with Gasteiger partial charge in [0.25, 0.3) is 0 Å². The van der Waals surface area contributed by atoms with E-state index in [0.29, 0.717) is 25.0 Å². The minimum Gasteiger partial charge on any atom is -0.342 e. The summed E-state index contributed by atoms with van der Waals surface area (Å²) in [4.78, 5) is 28.9. The number of nitrogens with one attached hydrogen (secondary N) is 1. The number of likely N-dealkylation sites (tertiary alicyclic amines) is 1. The van der Waals surface area contributed by atoms with Gasteiger partial charge in [-0.3, -0.25) is 4.79 Å². The van der Waals surface area contributed by atoms with Gasteiger partial charge in [-0.25, -0.2) is 4.79 Å². The molecule has 5 heteroatoms. The van der Waals surface area contributed by atoms with Gasteiger partial charge in [-0.15, -0.1) is 0 Å². The molecule has 1 N–H and O–H groups in total. The van der Waals surface area contributed by atoms with Gasteiger partial charge in [0.1, 0.15) is 0 Å². The Balaban J connectivity index is 1.57. The van der Waals surface area contributed by atoms with Gasteiger partial charge >= 0.3 is 6.03 Å². The normalized spacial score (nSPS) is 21.9. The van der Waals surface area contributed by atoms with Crippen LogP contribution in [0.4, 0.5) is 10.5 Å². The van der Waals surface area contributed by atoms with Gasteiger partial charge in [-0.2, -0.15) is 0 Å². The second-order valence-electron chi connectivity index (χ2n) is 7.11. The number of nitrogens with zero attached hydrogens (tertiary/aromatic N) is 2. The maximum Gasteiger partial charge on any atom is 0.321 e. The van der Waals surface area contributed by atoms with E-state index in [4.69, 9.17) is 0 Å². The number of anilines is 1.